The van der Waals surface area contributed by atoms with Crippen molar-refractivity contribution in [2.75, 3.05) is 20.1 Å². The van der Waals surface area contributed by atoms with Gasteiger partial charge in [0, 0.05) is 48.9 Å². The van der Waals surface area contributed by atoms with Crippen LogP contribution in [-0.4, -0.2) is 62.2 Å². The molecule has 1 fully saturated rings. The monoisotopic (exact) mass is 423 g/mol. The van der Waals surface area contributed by atoms with Gasteiger partial charge in [0.2, 0.25) is 0 Å². The maximum atomic E-state index is 13.0. The van der Waals surface area contributed by atoms with Crippen molar-refractivity contribution in [1.29, 1.82) is 0 Å². The number of rotatable bonds is 4. The average molecular weight is 424 g/mol. The zero-order valence-corrected chi connectivity index (χ0v) is 18.9. The minimum absolute atomic E-state index is 0.00200. The molecule has 3 aromatic rings. The van der Waals surface area contributed by atoms with Crippen LogP contribution >= 0.6 is 11.3 Å². The maximum Gasteiger partial charge on any atom is 0.273 e. The first-order valence-corrected chi connectivity index (χ1v) is 11.3. The summed E-state index contributed by atoms with van der Waals surface area (Å²) in [6, 6.07) is 10.2. The topological polar surface area (TPSA) is 54.3 Å². The molecule has 1 aromatic carbocycles. The molecule has 0 spiro atoms. The van der Waals surface area contributed by atoms with E-state index >= 15 is 0 Å². The minimum Gasteiger partial charge on any atom is -0.337 e. The van der Waals surface area contributed by atoms with E-state index in [0.717, 1.165) is 42.2 Å². The molecule has 0 N–H and O–H groups in total. The highest BCUT2D eigenvalue weighted by atomic mass is 32.1. The highest BCUT2D eigenvalue weighted by Crippen LogP contribution is 2.27. The Kier molecular flexibility index (Phi) is 5.75. The third kappa shape index (κ3) is 4.32. The van der Waals surface area contributed by atoms with Gasteiger partial charge < -0.3 is 4.90 Å². The summed E-state index contributed by atoms with van der Waals surface area (Å²) in [6.45, 7) is 8.79. The third-order valence-corrected chi connectivity index (χ3v) is 6.75. The first-order valence-electron chi connectivity index (χ1n) is 10.4. The van der Waals surface area contributed by atoms with Crippen LogP contribution in [0.5, 0.6) is 0 Å². The van der Waals surface area contributed by atoms with Gasteiger partial charge in [-0.25, -0.2) is 9.67 Å². The molecule has 0 bridgehead atoms. The van der Waals surface area contributed by atoms with E-state index in [1.165, 1.54) is 11.3 Å². The molecule has 0 saturated carbocycles. The van der Waals surface area contributed by atoms with E-state index in [4.69, 9.17) is 0 Å². The second kappa shape index (κ2) is 8.32. The van der Waals surface area contributed by atoms with Gasteiger partial charge in [0.1, 0.15) is 10.7 Å². The van der Waals surface area contributed by atoms with Gasteiger partial charge in [-0.15, -0.1) is 11.3 Å². The van der Waals surface area contributed by atoms with Crippen LogP contribution in [0.25, 0.3) is 16.3 Å². The zero-order valence-electron chi connectivity index (χ0n) is 18.1. The molecule has 1 aliphatic rings. The van der Waals surface area contributed by atoms with E-state index in [0.29, 0.717) is 5.69 Å². The summed E-state index contributed by atoms with van der Waals surface area (Å²) in [5.41, 5.74) is 2.62. The Balaban J connectivity index is 1.43. The zero-order chi connectivity index (χ0) is 21.3. The molecule has 3 heterocycles. The Morgan fingerprint density at radius 1 is 1.17 bits per heavy atom. The molecule has 7 heteroatoms. The summed E-state index contributed by atoms with van der Waals surface area (Å²) in [6.07, 6.45) is 5.75. The highest BCUT2D eigenvalue weighted by molar-refractivity contribution is 7.13. The van der Waals surface area contributed by atoms with Crippen molar-refractivity contribution >= 4 is 17.2 Å². The lowest BCUT2D eigenvalue weighted by Crippen LogP contribution is -2.51. The molecule has 30 heavy (non-hydrogen) atoms. The number of carbonyl (C=O) groups is 1. The Labute approximate surface area is 182 Å². The van der Waals surface area contributed by atoms with Gasteiger partial charge in [0.25, 0.3) is 5.91 Å². The quantitative estimate of drug-likeness (QED) is 0.627. The van der Waals surface area contributed by atoms with E-state index in [9.17, 15) is 4.79 Å². The average Bonchev–Trinajstić information content (AvgIpc) is 3.42. The van der Waals surface area contributed by atoms with Crippen LogP contribution in [0.4, 0.5) is 0 Å². The number of para-hydroxylation sites is 1. The number of hydrogen-bond acceptors (Lipinski definition) is 5. The number of thiazole rings is 1. The predicted octanol–water partition coefficient (Wildman–Crippen LogP) is 4.33. The molecule has 1 amide bonds. The van der Waals surface area contributed by atoms with Crippen molar-refractivity contribution in [1.82, 2.24) is 24.6 Å². The summed E-state index contributed by atoms with van der Waals surface area (Å²) in [5.74, 6) is 0.00200. The Morgan fingerprint density at radius 2 is 1.87 bits per heavy atom. The summed E-state index contributed by atoms with van der Waals surface area (Å²) in [5, 5.41) is 7.11. The molecule has 0 aliphatic carbocycles. The van der Waals surface area contributed by atoms with Gasteiger partial charge in [0.15, 0.2) is 0 Å². The van der Waals surface area contributed by atoms with E-state index in [1.54, 1.807) is 6.20 Å². The number of amides is 1. The smallest absolute Gasteiger partial charge is 0.273 e. The van der Waals surface area contributed by atoms with Gasteiger partial charge in [-0.05, 0) is 45.7 Å². The van der Waals surface area contributed by atoms with Gasteiger partial charge in [-0.2, -0.15) is 5.10 Å². The van der Waals surface area contributed by atoms with Gasteiger partial charge in [-0.3, -0.25) is 9.69 Å². The van der Waals surface area contributed by atoms with Crippen LogP contribution in [0.3, 0.4) is 0 Å². The van der Waals surface area contributed by atoms with Gasteiger partial charge >= 0.3 is 0 Å². The van der Waals surface area contributed by atoms with Crippen LogP contribution in [-0.2, 0) is 0 Å². The van der Waals surface area contributed by atoms with E-state index in [2.05, 4.69) is 35.8 Å². The molecule has 1 aliphatic heterocycles. The number of piperidine rings is 1. The first-order chi connectivity index (χ1) is 14.3. The van der Waals surface area contributed by atoms with Crippen LogP contribution in [0.15, 0.2) is 48.1 Å². The van der Waals surface area contributed by atoms with Crippen molar-refractivity contribution in [3.63, 3.8) is 0 Å². The molecule has 4 rings (SSSR count). The summed E-state index contributed by atoms with van der Waals surface area (Å²) < 4.78 is 1.83. The van der Waals surface area contributed by atoms with Gasteiger partial charge in [-0.1, -0.05) is 18.2 Å². The predicted molar refractivity (Wildman–Crippen MR) is 121 cm³/mol. The van der Waals surface area contributed by atoms with Crippen LogP contribution in [0.1, 0.15) is 44.1 Å². The maximum absolute atomic E-state index is 13.0. The van der Waals surface area contributed by atoms with Crippen molar-refractivity contribution in [3.05, 3.63) is 53.8 Å². The number of carbonyl (C=O) groups excluding carboxylic acids is 1. The second-order valence-corrected chi connectivity index (χ2v) is 9.71. The van der Waals surface area contributed by atoms with E-state index < -0.39 is 0 Å². The number of likely N-dealkylation sites (tertiary alicyclic amines) is 1. The summed E-state index contributed by atoms with van der Waals surface area (Å²) in [4.78, 5) is 22.0. The van der Waals surface area contributed by atoms with Gasteiger partial charge in [0.05, 0.1) is 11.9 Å². The lowest BCUT2D eigenvalue weighted by molar-refractivity contribution is 0.0496. The Morgan fingerprint density at radius 3 is 2.53 bits per heavy atom. The van der Waals surface area contributed by atoms with Crippen molar-refractivity contribution < 1.29 is 4.79 Å². The molecule has 6 nitrogen and oxygen atoms in total. The molecule has 158 valence electrons. The number of nitrogens with zero attached hydrogens (tertiary/aromatic N) is 5. The lowest BCUT2D eigenvalue weighted by Gasteiger charge is -2.42. The van der Waals surface area contributed by atoms with Crippen LogP contribution in [0, 0.1) is 0 Å². The molecule has 1 saturated heterocycles. The third-order valence-electron chi connectivity index (χ3n) is 5.85. The number of benzene rings is 1. The molecule has 2 aromatic heterocycles. The number of aromatic nitrogens is 3. The van der Waals surface area contributed by atoms with E-state index in [-0.39, 0.29) is 17.5 Å². The molecule has 0 atom stereocenters. The molecular formula is C23H29N5OS. The first kappa shape index (κ1) is 20.8. The van der Waals surface area contributed by atoms with Crippen LogP contribution in [0.2, 0.25) is 0 Å². The second-order valence-electron chi connectivity index (χ2n) is 8.85. The SMILES string of the molecule is CN(C(=O)c1csc(-c2cnn(-c3ccccc3)c2)n1)C1CCN(C(C)(C)C)CC1. The number of hydrogen-bond donors (Lipinski definition) is 0. The van der Waals surface area contributed by atoms with Crippen molar-refractivity contribution in [2.45, 2.75) is 45.2 Å². The molecular weight excluding hydrogens is 394 g/mol. The Bertz CT molecular complexity index is 996. The normalized spacial score (nSPS) is 16.0. The molecule has 0 unspecified atom stereocenters. The summed E-state index contributed by atoms with van der Waals surface area (Å²) in [7, 11) is 1.91. The Hall–Kier alpha value is -2.51. The van der Waals surface area contributed by atoms with Crippen molar-refractivity contribution in [3.8, 4) is 16.3 Å². The van der Waals surface area contributed by atoms with E-state index in [1.807, 2.05) is 58.5 Å². The fraction of sp³-hybridized carbons (Fsp3) is 0.435. The van der Waals surface area contributed by atoms with Crippen molar-refractivity contribution in [2.24, 2.45) is 0 Å². The fourth-order valence-electron chi connectivity index (χ4n) is 3.93. The largest absolute Gasteiger partial charge is 0.337 e. The summed E-state index contributed by atoms with van der Waals surface area (Å²) >= 11 is 1.49. The molecule has 0 radical (unpaired) electrons. The lowest BCUT2D eigenvalue weighted by atomic mass is 9.97. The minimum atomic E-state index is 0.00200. The van der Waals surface area contributed by atoms with Crippen LogP contribution < -0.4 is 0 Å². The standard InChI is InChI=1S/C23H29N5OS/c1-23(2,3)27-12-10-18(11-13-27)26(4)22(29)20-16-30-21(25-20)17-14-24-28(15-17)19-8-6-5-7-9-19/h5-9,14-16,18H,10-13H2,1-4H3. The fourth-order valence-corrected chi connectivity index (χ4v) is 4.70. The highest BCUT2D eigenvalue weighted by Gasteiger charge is 2.31.